The maximum Gasteiger partial charge on any atom is 0.214 e. The predicted octanol–water partition coefficient (Wildman–Crippen LogP) is 1.87. The molecule has 0 unspecified atom stereocenters. The summed E-state index contributed by atoms with van der Waals surface area (Å²) in [5.41, 5.74) is 12.7. The first-order chi connectivity index (χ1) is 6.93. The molecule has 1 amide bonds. The lowest BCUT2D eigenvalue weighted by Gasteiger charge is -1.98. The van der Waals surface area contributed by atoms with E-state index in [9.17, 15) is 4.79 Å². The summed E-state index contributed by atoms with van der Waals surface area (Å²) in [5.74, 6) is -0.333. The SMILES string of the molecule is CC(C)=Nc1ccccc1N.CC(N)=O. The van der Waals surface area contributed by atoms with Gasteiger partial charge in [-0.25, -0.2) is 0 Å². The third-order valence-electron chi connectivity index (χ3n) is 1.28. The van der Waals surface area contributed by atoms with Crippen LogP contribution in [-0.2, 0) is 4.79 Å². The van der Waals surface area contributed by atoms with Crippen LogP contribution in [0.2, 0.25) is 0 Å². The molecule has 0 spiro atoms. The van der Waals surface area contributed by atoms with Gasteiger partial charge in [-0.15, -0.1) is 0 Å². The normalized spacial score (nSPS) is 8.47. The number of para-hydroxylation sites is 2. The Balaban J connectivity index is 0.000000423. The fourth-order valence-electron chi connectivity index (χ4n) is 0.830. The zero-order valence-corrected chi connectivity index (χ0v) is 9.32. The number of anilines is 1. The number of carbonyl (C=O) groups is 1. The lowest BCUT2D eigenvalue weighted by molar-refractivity contribution is -0.115. The maximum absolute atomic E-state index is 9.22. The van der Waals surface area contributed by atoms with E-state index in [1.165, 1.54) is 6.92 Å². The Morgan fingerprint density at radius 1 is 1.20 bits per heavy atom. The summed E-state index contributed by atoms with van der Waals surface area (Å²) >= 11 is 0. The van der Waals surface area contributed by atoms with Gasteiger partial charge in [-0.1, -0.05) is 12.1 Å². The van der Waals surface area contributed by atoms with Crippen molar-refractivity contribution in [3.8, 4) is 0 Å². The van der Waals surface area contributed by atoms with Gasteiger partial charge in [0.2, 0.25) is 5.91 Å². The summed E-state index contributed by atoms with van der Waals surface area (Å²) in [6, 6.07) is 7.58. The second-order valence-electron chi connectivity index (χ2n) is 3.23. The fourth-order valence-corrected chi connectivity index (χ4v) is 0.830. The monoisotopic (exact) mass is 207 g/mol. The number of carbonyl (C=O) groups excluding carboxylic acids is 1. The molecule has 0 saturated carbocycles. The van der Waals surface area contributed by atoms with Crippen LogP contribution < -0.4 is 11.5 Å². The van der Waals surface area contributed by atoms with Gasteiger partial charge in [0.1, 0.15) is 0 Å². The zero-order chi connectivity index (χ0) is 11.8. The largest absolute Gasteiger partial charge is 0.397 e. The van der Waals surface area contributed by atoms with Crippen molar-refractivity contribution in [1.82, 2.24) is 0 Å². The summed E-state index contributed by atoms with van der Waals surface area (Å²) in [6.07, 6.45) is 0. The smallest absolute Gasteiger partial charge is 0.214 e. The summed E-state index contributed by atoms with van der Waals surface area (Å²) in [4.78, 5) is 13.5. The number of nitrogen functional groups attached to an aromatic ring is 1. The van der Waals surface area contributed by atoms with Crippen molar-refractivity contribution in [3.05, 3.63) is 24.3 Å². The Hall–Kier alpha value is -1.84. The average Bonchev–Trinajstić information content (AvgIpc) is 2.07. The van der Waals surface area contributed by atoms with E-state index < -0.39 is 0 Å². The molecule has 0 radical (unpaired) electrons. The minimum atomic E-state index is -0.333. The quantitative estimate of drug-likeness (QED) is 0.544. The number of nitrogens with zero attached hydrogens (tertiary/aromatic N) is 1. The number of rotatable bonds is 1. The molecule has 0 atom stereocenters. The molecule has 1 rings (SSSR count). The molecule has 82 valence electrons. The summed E-state index contributed by atoms with van der Waals surface area (Å²) in [7, 11) is 0. The van der Waals surface area contributed by atoms with Crippen LogP contribution in [0.5, 0.6) is 0 Å². The summed E-state index contributed by atoms with van der Waals surface area (Å²) in [6.45, 7) is 5.21. The molecule has 0 aliphatic carbocycles. The Kier molecular flexibility index (Phi) is 5.78. The molecule has 4 nitrogen and oxygen atoms in total. The van der Waals surface area contributed by atoms with E-state index in [1.807, 2.05) is 38.1 Å². The highest BCUT2D eigenvalue weighted by atomic mass is 16.1. The number of amides is 1. The molecule has 1 aromatic carbocycles. The van der Waals surface area contributed by atoms with Crippen LogP contribution in [0.1, 0.15) is 20.8 Å². The summed E-state index contributed by atoms with van der Waals surface area (Å²) < 4.78 is 0. The van der Waals surface area contributed by atoms with E-state index in [0.29, 0.717) is 0 Å². The molecular formula is C11H17N3O. The maximum atomic E-state index is 9.22. The van der Waals surface area contributed by atoms with Gasteiger partial charge in [-0.3, -0.25) is 9.79 Å². The number of benzene rings is 1. The van der Waals surface area contributed by atoms with Crippen LogP contribution in [-0.4, -0.2) is 11.6 Å². The molecule has 0 aliphatic heterocycles. The van der Waals surface area contributed by atoms with Gasteiger partial charge in [0, 0.05) is 12.6 Å². The Labute approximate surface area is 90.0 Å². The van der Waals surface area contributed by atoms with Gasteiger partial charge < -0.3 is 11.5 Å². The molecule has 4 heteroatoms. The standard InChI is InChI=1S/C9H12N2.C2H5NO/c1-7(2)11-9-6-4-3-5-8(9)10;1-2(3)4/h3-6H,10H2,1-2H3;1H3,(H2,3,4). The second-order valence-corrected chi connectivity index (χ2v) is 3.23. The van der Waals surface area contributed by atoms with Crippen molar-refractivity contribution in [2.45, 2.75) is 20.8 Å². The summed E-state index contributed by atoms with van der Waals surface area (Å²) in [5, 5.41) is 0. The van der Waals surface area contributed by atoms with Gasteiger partial charge in [0.25, 0.3) is 0 Å². The molecule has 1 aromatic rings. The molecule has 0 saturated heterocycles. The van der Waals surface area contributed by atoms with Crippen molar-refractivity contribution in [2.75, 3.05) is 5.73 Å². The van der Waals surface area contributed by atoms with Crippen molar-refractivity contribution in [2.24, 2.45) is 10.7 Å². The Morgan fingerprint density at radius 3 is 2.07 bits per heavy atom. The third kappa shape index (κ3) is 7.25. The number of hydrogen-bond acceptors (Lipinski definition) is 3. The minimum absolute atomic E-state index is 0.333. The van der Waals surface area contributed by atoms with Crippen LogP contribution in [0, 0.1) is 0 Å². The molecule has 0 fully saturated rings. The molecule has 0 aromatic heterocycles. The van der Waals surface area contributed by atoms with Crippen LogP contribution in [0.4, 0.5) is 11.4 Å². The van der Waals surface area contributed by atoms with Crippen molar-refractivity contribution < 1.29 is 4.79 Å². The first kappa shape index (κ1) is 13.2. The van der Waals surface area contributed by atoms with E-state index in [4.69, 9.17) is 5.73 Å². The molecule has 0 aliphatic rings. The number of primary amides is 1. The lowest BCUT2D eigenvalue weighted by Crippen LogP contribution is -2.01. The average molecular weight is 207 g/mol. The van der Waals surface area contributed by atoms with Crippen LogP contribution >= 0.6 is 0 Å². The van der Waals surface area contributed by atoms with Crippen molar-refractivity contribution in [3.63, 3.8) is 0 Å². The zero-order valence-electron chi connectivity index (χ0n) is 9.32. The van der Waals surface area contributed by atoms with Gasteiger partial charge >= 0.3 is 0 Å². The topological polar surface area (TPSA) is 81.5 Å². The van der Waals surface area contributed by atoms with E-state index in [2.05, 4.69) is 10.7 Å². The van der Waals surface area contributed by atoms with Crippen LogP contribution in [0.25, 0.3) is 0 Å². The van der Waals surface area contributed by atoms with Crippen LogP contribution in [0.3, 0.4) is 0 Å². The van der Waals surface area contributed by atoms with Gasteiger partial charge in [-0.05, 0) is 26.0 Å². The van der Waals surface area contributed by atoms with Gasteiger partial charge in [0.05, 0.1) is 11.4 Å². The molecule has 4 N–H and O–H groups in total. The first-order valence-electron chi connectivity index (χ1n) is 4.56. The highest BCUT2D eigenvalue weighted by molar-refractivity contribution is 5.84. The first-order valence-corrected chi connectivity index (χ1v) is 4.56. The molecular weight excluding hydrogens is 190 g/mol. The Morgan fingerprint density at radius 2 is 1.67 bits per heavy atom. The van der Waals surface area contributed by atoms with E-state index in [-0.39, 0.29) is 5.91 Å². The van der Waals surface area contributed by atoms with Crippen molar-refractivity contribution in [1.29, 1.82) is 0 Å². The van der Waals surface area contributed by atoms with E-state index >= 15 is 0 Å². The highest BCUT2D eigenvalue weighted by Crippen LogP contribution is 2.20. The number of hydrogen-bond donors (Lipinski definition) is 2. The molecule has 15 heavy (non-hydrogen) atoms. The fraction of sp³-hybridized carbons (Fsp3) is 0.273. The number of aliphatic imine (C=N–C) groups is 1. The molecule has 0 bridgehead atoms. The lowest BCUT2D eigenvalue weighted by atomic mass is 10.3. The Bertz CT molecular complexity index is 351. The van der Waals surface area contributed by atoms with E-state index in [1.54, 1.807) is 0 Å². The predicted molar refractivity (Wildman–Crippen MR) is 64.2 cm³/mol. The minimum Gasteiger partial charge on any atom is -0.397 e. The van der Waals surface area contributed by atoms with Gasteiger partial charge in [-0.2, -0.15) is 0 Å². The van der Waals surface area contributed by atoms with Crippen LogP contribution in [0.15, 0.2) is 29.3 Å². The van der Waals surface area contributed by atoms with E-state index in [0.717, 1.165) is 17.1 Å². The second kappa shape index (κ2) is 6.59. The third-order valence-corrected chi connectivity index (χ3v) is 1.28. The molecule has 0 heterocycles. The number of nitrogens with two attached hydrogens (primary N) is 2. The van der Waals surface area contributed by atoms with Gasteiger partial charge in [0.15, 0.2) is 0 Å². The highest BCUT2D eigenvalue weighted by Gasteiger charge is 1.92. The van der Waals surface area contributed by atoms with Crippen molar-refractivity contribution >= 4 is 23.0 Å².